The quantitative estimate of drug-likeness (QED) is 0.806. The largest absolute Gasteiger partial charge is 0.496 e. The summed E-state index contributed by atoms with van der Waals surface area (Å²) in [5, 5.41) is 0.928. The lowest BCUT2D eigenvalue weighted by Gasteiger charge is -2.10. The monoisotopic (exact) mass is 232 g/mol. The smallest absolute Gasteiger partial charge is 0.129 e. The van der Waals surface area contributed by atoms with E-state index in [1.54, 1.807) is 7.11 Å². The van der Waals surface area contributed by atoms with E-state index >= 15 is 0 Å². The molecule has 0 saturated heterocycles. The van der Waals surface area contributed by atoms with Gasteiger partial charge >= 0.3 is 0 Å². The number of nitrogens with two attached hydrogens (primary N) is 1. The summed E-state index contributed by atoms with van der Waals surface area (Å²) >= 11 is 5.05. The Kier molecular flexibility index (Phi) is 2.75. The highest BCUT2D eigenvalue weighted by molar-refractivity contribution is 7.80. The van der Waals surface area contributed by atoms with Crippen LogP contribution in [0.25, 0.3) is 10.9 Å². The Morgan fingerprint density at radius 3 is 2.69 bits per heavy atom. The SMILES string of the molecule is COc1ccc2nc(C)ccc2c1C(N)=S. The molecule has 0 atom stereocenters. The molecule has 82 valence electrons. The number of benzene rings is 1. The van der Waals surface area contributed by atoms with Crippen LogP contribution in [0.2, 0.25) is 0 Å². The molecule has 1 aromatic carbocycles. The average Bonchev–Trinajstić information content (AvgIpc) is 2.26. The fourth-order valence-electron chi connectivity index (χ4n) is 1.71. The number of thiocarbonyl (C=S) groups is 1. The molecule has 1 heterocycles. The summed E-state index contributed by atoms with van der Waals surface area (Å²) in [5.41, 5.74) is 8.31. The number of nitrogens with zero attached hydrogens (tertiary/aromatic N) is 1. The number of methoxy groups -OCH3 is 1. The van der Waals surface area contributed by atoms with Crippen LogP contribution in [0.4, 0.5) is 0 Å². The van der Waals surface area contributed by atoms with Crippen molar-refractivity contribution in [2.75, 3.05) is 7.11 Å². The fraction of sp³-hybridized carbons (Fsp3) is 0.167. The van der Waals surface area contributed by atoms with Crippen LogP contribution >= 0.6 is 12.2 Å². The topological polar surface area (TPSA) is 48.1 Å². The summed E-state index contributed by atoms with van der Waals surface area (Å²) in [6.45, 7) is 1.95. The molecular weight excluding hydrogens is 220 g/mol. The number of hydrogen-bond donors (Lipinski definition) is 1. The molecule has 0 aliphatic rings. The van der Waals surface area contributed by atoms with E-state index in [4.69, 9.17) is 22.7 Å². The first kappa shape index (κ1) is 10.8. The van der Waals surface area contributed by atoms with Crippen molar-refractivity contribution in [3.8, 4) is 5.75 Å². The van der Waals surface area contributed by atoms with Gasteiger partial charge in [-0.05, 0) is 25.1 Å². The van der Waals surface area contributed by atoms with Crippen molar-refractivity contribution in [3.05, 3.63) is 35.5 Å². The van der Waals surface area contributed by atoms with Crippen molar-refractivity contribution >= 4 is 28.1 Å². The van der Waals surface area contributed by atoms with Gasteiger partial charge in [-0.1, -0.05) is 18.3 Å². The zero-order valence-corrected chi connectivity index (χ0v) is 9.97. The second-order valence-corrected chi connectivity index (χ2v) is 3.97. The van der Waals surface area contributed by atoms with E-state index in [9.17, 15) is 0 Å². The summed E-state index contributed by atoms with van der Waals surface area (Å²) < 4.78 is 5.25. The van der Waals surface area contributed by atoms with Crippen LogP contribution in [-0.4, -0.2) is 17.1 Å². The Morgan fingerprint density at radius 1 is 1.31 bits per heavy atom. The Morgan fingerprint density at radius 2 is 2.06 bits per heavy atom. The summed E-state index contributed by atoms with van der Waals surface area (Å²) in [5.74, 6) is 0.686. The Balaban J connectivity index is 2.84. The molecule has 0 aliphatic heterocycles. The number of pyridine rings is 1. The maximum atomic E-state index is 5.72. The lowest BCUT2D eigenvalue weighted by molar-refractivity contribution is 0.414. The van der Waals surface area contributed by atoms with Crippen LogP contribution in [0.15, 0.2) is 24.3 Å². The molecule has 3 nitrogen and oxygen atoms in total. The molecule has 0 bridgehead atoms. The van der Waals surface area contributed by atoms with Gasteiger partial charge in [0.25, 0.3) is 0 Å². The molecule has 1 aromatic heterocycles. The molecule has 0 fully saturated rings. The van der Waals surface area contributed by atoms with Crippen LogP contribution in [0, 0.1) is 6.92 Å². The minimum absolute atomic E-state index is 0.327. The highest BCUT2D eigenvalue weighted by Gasteiger charge is 2.11. The minimum atomic E-state index is 0.327. The van der Waals surface area contributed by atoms with Crippen LogP contribution in [0.5, 0.6) is 5.75 Å². The average molecular weight is 232 g/mol. The number of fused-ring (bicyclic) bond motifs is 1. The van der Waals surface area contributed by atoms with E-state index in [2.05, 4.69) is 4.98 Å². The molecule has 0 unspecified atom stereocenters. The van der Waals surface area contributed by atoms with Crippen molar-refractivity contribution in [2.45, 2.75) is 6.92 Å². The summed E-state index contributed by atoms with van der Waals surface area (Å²) in [6.07, 6.45) is 0. The van der Waals surface area contributed by atoms with Crippen molar-refractivity contribution in [1.82, 2.24) is 4.98 Å². The summed E-state index contributed by atoms with van der Waals surface area (Å²) in [7, 11) is 1.60. The first-order chi connectivity index (χ1) is 7.63. The van der Waals surface area contributed by atoms with Gasteiger partial charge in [-0.15, -0.1) is 0 Å². The van der Waals surface area contributed by atoms with Gasteiger partial charge in [0, 0.05) is 11.1 Å². The van der Waals surface area contributed by atoms with Gasteiger partial charge < -0.3 is 10.5 Å². The minimum Gasteiger partial charge on any atom is -0.496 e. The van der Waals surface area contributed by atoms with E-state index in [-0.39, 0.29) is 0 Å². The fourth-order valence-corrected chi connectivity index (χ4v) is 1.92. The maximum Gasteiger partial charge on any atom is 0.129 e. The molecule has 2 rings (SSSR count). The second-order valence-electron chi connectivity index (χ2n) is 3.53. The molecule has 16 heavy (non-hydrogen) atoms. The predicted molar refractivity (Wildman–Crippen MR) is 68.9 cm³/mol. The van der Waals surface area contributed by atoms with E-state index in [1.807, 2.05) is 31.2 Å². The molecule has 0 saturated carbocycles. The maximum absolute atomic E-state index is 5.72. The Bertz CT molecular complexity index is 566. The van der Waals surface area contributed by atoms with E-state index in [0.717, 1.165) is 22.2 Å². The molecular formula is C12H12N2OS. The molecule has 0 amide bonds. The zero-order valence-electron chi connectivity index (χ0n) is 9.15. The first-order valence-electron chi connectivity index (χ1n) is 4.87. The van der Waals surface area contributed by atoms with Crippen LogP contribution < -0.4 is 10.5 Å². The number of hydrogen-bond acceptors (Lipinski definition) is 3. The number of rotatable bonds is 2. The number of ether oxygens (including phenoxy) is 1. The van der Waals surface area contributed by atoms with Gasteiger partial charge in [0.1, 0.15) is 10.7 Å². The van der Waals surface area contributed by atoms with Crippen LogP contribution in [-0.2, 0) is 0 Å². The Hall–Kier alpha value is -1.68. The van der Waals surface area contributed by atoms with Crippen molar-refractivity contribution in [2.24, 2.45) is 5.73 Å². The van der Waals surface area contributed by atoms with Gasteiger partial charge in [0.2, 0.25) is 0 Å². The molecule has 2 aromatic rings. The highest BCUT2D eigenvalue weighted by atomic mass is 32.1. The molecule has 0 radical (unpaired) electrons. The van der Waals surface area contributed by atoms with Crippen molar-refractivity contribution in [1.29, 1.82) is 0 Å². The molecule has 4 heteroatoms. The number of aromatic nitrogens is 1. The highest BCUT2D eigenvalue weighted by Crippen LogP contribution is 2.27. The second kappa shape index (κ2) is 4.06. The van der Waals surface area contributed by atoms with Crippen LogP contribution in [0.1, 0.15) is 11.3 Å². The lowest BCUT2D eigenvalue weighted by Crippen LogP contribution is -2.12. The van der Waals surface area contributed by atoms with Gasteiger partial charge in [-0.3, -0.25) is 4.98 Å². The summed E-state index contributed by atoms with van der Waals surface area (Å²) in [6, 6.07) is 7.64. The van der Waals surface area contributed by atoms with Crippen molar-refractivity contribution < 1.29 is 4.74 Å². The molecule has 0 spiro atoms. The third-order valence-electron chi connectivity index (χ3n) is 2.44. The summed E-state index contributed by atoms with van der Waals surface area (Å²) in [4.78, 5) is 4.75. The standard InChI is InChI=1S/C12H12N2OS/c1-7-3-4-8-9(14-7)5-6-10(15-2)11(8)12(13)16/h3-6H,1-2H3,(H2,13,16). The van der Waals surface area contributed by atoms with Crippen molar-refractivity contribution in [3.63, 3.8) is 0 Å². The molecule has 0 aliphatic carbocycles. The van der Waals surface area contributed by atoms with Gasteiger partial charge in [0.15, 0.2) is 0 Å². The molecule has 2 N–H and O–H groups in total. The third kappa shape index (κ3) is 1.72. The van der Waals surface area contributed by atoms with E-state index in [1.165, 1.54) is 0 Å². The normalized spacial score (nSPS) is 10.4. The third-order valence-corrected chi connectivity index (χ3v) is 2.64. The van der Waals surface area contributed by atoms with E-state index in [0.29, 0.717) is 10.7 Å². The van der Waals surface area contributed by atoms with E-state index < -0.39 is 0 Å². The zero-order chi connectivity index (χ0) is 11.7. The van der Waals surface area contributed by atoms with Gasteiger partial charge in [-0.25, -0.2) is 0 Å². The first-order valence-corrected chi connectivity index (χ1v) is 5.28. The van der Waals surface area contributed by atoms with Crippen LogP contribution in [0.3, 0.4) is 0 Å². The number of aryl methyl sites for hydroxylation is 1. The predicted octanol–water partition coefficient (Wildman–Crippen LogP) is 2.19. The Labute approximate surface area is 99.2 Å². The lowest BCUT2D eigenvalue weighted by atomic mass is 10.1. The van der Waals surface area contributed by atoms with Gasteiger partial charge in [-0.2, -0.15) is 0 Å². The van der Waals surface area contributed by atoms with Gasteiger partial charge in [0.05, 0.1) is 18.2 Å².